The van der Waals surface area contributed by atoms with Gasteiger partial charge in [0.1, 0.15) is 0 Å². The maximum atomic E-state index is 10.1. The van der Waals surface area contributed by atoms with Crippen molar-refractivity contribution in [3.63, 3.8) is 0 Å². The maximum absolute atomic E-state index is 10.1. The molecule has 72 valence electrons. The SMILES string of the molecule is Cn1cccc1C=O.c1ccncc1. The Bertz CT molecular complexity index is 341. The molecule has 0 unspecified atom stereocenters. The van der Waals surface area contributed by atoms with E-state index in [1.165, 1.54) is 0 Å². The number of carbonyl (C=O) groups is 1. The molecule has 0 N–H and O–H groups in total. The van der Waals surface area contributed by atoms with E-state index in [0.717, 1.165) is 6.29 Å². The summed E-state index contributed by atoms with van der Waals surface area (Å²) in [6.07, 6.45) is 6.17. The lowest BCUT2D eigenvalue weighted by Gasteiger charge is -1.88. The fourth-order valence-corrected chi connectivity index (χ4v) is 0.909. The molecule has 2 aromatic rings. The Labute approximate surface area is 83.0 Å². The summed E-state index contributed by atoms with van der Waals surface area (Å²) in [5, 5.41) is 0. The van der Waals surface area contributed by atoms with Crippen LogP contribution in [0.25, 0.3) is 0 Å². The number of aldehydes is 1. The fourth-order valence-electron chi connectivity index (χ4n) is 0.909. The fraction of sp³-hybridized carbons (Fsp3) is 0.0909. The van der Waals surface area contributed by atoms with Crippen molar-refractivity contribution in [3.8, 4) is 0 Å². The second kappa shape index (κ2) is 5.70. The van der Waals surface area contributed by atoms with E-state index in [1.807, 2.05) is 37.5 Å². The van der Waals surface area contributed by atoms with Crippen LogP contribution in [0.4, 0.5) is 0 Å². The lowest BCUT2D eigenvalue weighted by Crippen LogP contribution is -1.90. The first-order valence-corrected chi connectivity index (χ1v) is 4.26. The molecule has 2 heterocycles. The van der Waals surface area contributed by atoms with Gasteiger partial charge in [-0.05, 0) is 24.3 Å². The summed E-state index contributed by atoms with van der Waals surface area (Å²) >= 11 is 0. The second-order valence-corrected chi connectivity index (χ2v) is 2.69. The minimum atomic E-state index is 0.713. The Kier molecular flexibility index (Phi) is 4.14. The number of hydrogen-bond donors (Lipinski definition) is 0. The van der Waals surface area contributed by atoms with Crippen LogP contribution in [-0.2, 0) is 7.05 Å². The molecule has 0 bridgehead atoms. The average Bonchev–Trinajstić information content (AvgIpc) is 2.67. The van der Waals surface area contributed by atoms with E-state index in [0.29, 0.717) is 5.69 Å². The summed E-state index contributed by atoms with van der Waals surface area (Å²) in [6.45, 7) is 0. The van der Waals surface area contributed by atoms with Crippen LogP contribution < -0.4 is 0 Å². The molecule has 3 heteroatoms. The Morgan fingerprint density at radius 2 is 1.93 bits per heavy atom. The normalized spacial score (nSPS) is 8.64. The Hall–Kier alpha value is -1.90. The molecule has 0 saturated heterocycles. The molecule has 0 aliphatic rings. The summed E-state index contributed by atoms with van der Waals surface area (Å²) in [5.41, 5.74) is 0.713. The van der Waals surface area contributed by atoms with Crippen LogP contribution in [0.1, 0.15) is 10.5 Å². The molecule has 0 aliphatic heterocycles. The van der Waals surface area contributed by atoms with Gasteiger partial charge >= 0.3 is 0 Å². The average molecular weight is 188 g/mol. The van der Waals surface area contributed by atoms with Crippen molar-refractivity contribution in [3.05, 3.63) is 54.6 Å². The van der Waals surface area contributed by atoms with E-state index in [1.54, 1.807) is 23.0 Å². The third-order valence-corrected chi connectivity index (χ3v) is 1.67. The van der Waals surface area contributed by atoms with E-state index in [-0.39, 0.29) is 0 Å². The molecule has 0 aliphatic carbocycles. The molecule has 14 heavy (non-hydrogen) atoms. The molecule has 0 amide bonds. The van der Waals surface area contributed by atoms with Crippen molar-refractivity contribution < 1.29 is 4.79 Å². The smallest absolute Gasteiger partial charge is 0.166 e. The third kappa shape index (κ3) is 3.23. The molecule has 0 fully saturated rings. The first-order valence-electron chi connectivity index (χ1n) is 4.26. The third-order valence-electron chi connectivity index (χ3n) is 1.67. The lowest BCUT2D eigenvalue weighted by atomic mass is 10.5. The molecule has 0 aromatic carbocycles. The molecule has 0 saturated carbocycles. The van der Waals surface area contributed by atoms with Crippen LogP contribution in [0.5, 0.6) is 0 Å². The number of hydrogen-bond acceptors (Lipinski definition) is 2. The number of carbonyl (C=O) groups excluding carboxylic acids is 1. The van der Waals surface area contributed by atoms with E-state index in [2.05, 4.69) is 4.98 Å². The van der Waals surface area contributed by atoms with Crippen molar-refractivity contribution in [1.29, 1.82) is 0 Å². The van der Waals surface area contributed by atoms with Crippen molar-refractivity contribution in [2.24, 2.45) is 7.05 Å². The van der Waals surface area contributed by atoms with Gasteiger partial charge in [-0.3, -0.25) is 9.78 Å². The quantitative estimate of drug-likeness (QED) is 0.641. The topological polar surface area (TPSA) is 34.9 Å². The van der Waals surface area contributed by atoms with Crippen LogP contribution in [0.2, 0.25) is 0 Å². The van der Waals surface area contributed by atoms with E-state index in [4.69, 9.17) is 0 Å². The number of aryl methyl sites for hydroxylation is 1. The van der Waals surface area contributed by atoms with Gasteiger partial charge in [0.25, 0.3) is 0 Å². The highest BCUT2D eigenvalue weighted by molar-refractivity contribution is 5.72. The molecule has 3 nitrogen and oxygen atoms in total. The molecular formula is C11H12N2O. The van der Waals surface area contributed by atoms with Gasteiger partial charge in [-0.2, -0.15) is 0 Å². The van der Waals surface area contributed by atoms with Gasteiger partial charge in [0, 0.05) is 25.6 Å². The van der Waals surface area contributed by atoms with Gasteiger partial charge in [-0.15, -0.1) is 0 Å². The zero-order valence-corrected chi connectivity index (χ0v) is 8.00. The largest absolute Gasteiger partial charge is 0.348 e. The standard InChI is InChI=1S/C6H7NO.C5H5N/c1-7-4-2-3-6(7)5-8;1-2-4-6-5-3-1/h2-5H,1H3;1-5H. The number of aromatic nitrogens is 2. The van der Waals surface area contributed by atoms with Crippen molar-refractivity contribution in [2.45, 2.75) is 0 Å². The van der Waals surface area contributed by atoms with Crippen LogP contribution in [0.3, 0.4) is 0 Å². The summed E-state index contributed by atoms with van der Waals surface area (Å²) in [7, 11) is 1.84. The monoisotopic (exact) mass is 188 g/mol. The maximum Gasteiger partial charge on any atom is 0.166 e. The summed E-state index contributed by atoms with van der Waals surface area (Å²) < 4.78 is 1.77. The molecular weight excluding hydrogens is 176 g/mol. The van der Waals surface area contributed by atoms with Crippen molar-refractivity contribution >= 4 is 6.29 Å². The number of nitrogens with zero attached hydrogens (tertiary/aromatic N) is 2. The predicted octanol–water partition coefficient (Wildman–Crippen LogP) is 1.92. The zero-order chi connectivity index (χ0) is 10.2. The minimum absolute atomic E-state index is 0.713. The highest BCUT2D eigenvalue weighted by Crippen LogP contribution is 1.92. The molecule has 0 atom stereocenters. The van der Waals surface area contributed by atoms with Gasteiger partial charge in [0.05, 0.1) is 5.69 Å². The molecule has 0 radical (unpaired) electrons. The van der Waals surface area contributed by atoms with Gasteiger partial charge in [0.15, 0.2) is 6.29 Å². The highest BCUT2D eigenvalue weighted by Gasteiger charge is 1.89. The molecule has 0 spiro atoms. The Balaban J connectivity index is 0.000000146. The summed E-state index contributed by atoms with van der Waals surface area (Å²) in [4.78, 5) is 13.9. The highest BCUT2D eigenvalue weighted by atomic mass is 16.1. The van der Waals surface area contributed by atoms with Crippen LogP contribution >= 0.6 is 0 Å². The number of pyridine rings is 1. The lowest BCUT2D eigenvalue weighted by molar-refractivity contribution is 0.111. The van der Waals surface area contributed by atoms with Gasteiger partial charge in [-0.25, -0.2) is 0 Å². The first kappa shape index (κ1) is 10.2. The van der Waals surface area contributed by atoms with Crippen LogP contribution in [0.15, 0.2) is 48.9 Å². The first-order chi connectivity index (χ1) is 6.84. The molecule has 2 rings (SSSR count). The van der Waals surface area contributed by atoms with E-state index in [9.17, 15) is 4.79 Å². The summed E-state index contributed by atoms with van der Waals surface area (Å²) in [6, 6.07) is 9.32. The van der Waals surface area contributed by atoms with Crippen LogP contribution in [0, 0.1) is 0 Å². The van der Waals surface area contributed by atoms with Crippen molar-refractivity contribution in [1.82, 2.24) is 9.55 Å². The van der Waals surface area contributed by atoms with E-state index >= 15 is 0 Å². The van der Waals surface area contributed by atoms with Crippen LogP contribution in [-0.4, -0.2) is 15.8 Å². The second-order valence-electron chi connectivity index (χ2n) is 2.69. The number of rotatable bonds is 1. The van der Waals surface area contributed by atoms with E-state index < -0.39 is 0 Å². The predicted molar refractivity (Wildman–Crippen MR) is 55.0 cm³/mol. The Morgan fingerprint density at radius 3 is 2.14 bits per heavy atom. The summed E-state index contributed by atoms with van der Waals surface area (Å²) in [5.74, 6) is 0. The van der Waals surface area contributed by atoms with Gasteiger partial charge < -0.3 is 4.57 Å². The zero-order valence-electron chi connectivity index (χ0n) is 8.00. The van der Waals surface area contributed by atoms with Crippen molar-refractivity contribution in [2.75, 3.05) is 0 Å². The van der Waals surface area contributed by atoms with Gasteiger partial charge in [-0.1, -0.05) is 6.07 Å². The van der Waals surface area contributed by atoms with Gasteiger partial charge in [0.2, 0.25) is 0 Å². The minimum Gasteiger partial charge on any atom is -0.348 e. The Morgan fingerprint density at radius 1 is 1.21 bits per heavy atom. The molecule has 2 aromatic heterocycles.